The molecular formula is C20H17NO4S. The molecule has 5 nitrogen and oxygen atoms in total. The first-order valence-electron chi connectivity index (χ1n) is 7.92. The van der Waals surface area contributed by atoms with Crippen molar-refractivity contribution in [1.82, 2.24) is 0 Å². The largest absolute Gasteiger partial charge is 0.477 e. The summed E-state index contributed by atoms with van der Waals surface area (Å²) in [6.07, 6.45) is 0. The molecule has 0 atom stereocenters. The molecule has 26 heavy (non-hydrogen) atoms. The Kier molecular flexibility index (Phi) is 5.04. The molecular weight excluding hydrogens is 350 g/mol. The number of amides is 1. The predicted octanol–water partition coefficient (Wildman–Crippen LogP) is 5.11. The van der Waals surface area contributed by atoms with Gasteiger partial charge in [-0.15, -0.1) is 0 Å². The highest BCUT2D eigenvalue weighted by molar-refractivity contribution is 7.16. The Morgan fingerprint density at radius 2 is 1.73 bits per heavy atom. The number of carbonyl (C=O) groups is 2. The van der Waals surface area contributed by atoms with Gasteiger partial charge < -0.3 is 15.2 Å². The number of ether oxygens (including phenoxy) is 1. The monoisotopic (exact) mass is 367 g/mol. The number of carboxylic acids is 1. The van der Waals surface area contributed by atoms with E-state index in [0.29, 0.717) is 22.1 Å². The molecule has 6 heteroatoms. The van der Waals surface area contributed by atoms with Crippen LogP contribution in [0.4, 0.5) is 5.69 Å². The van der Waals surface area contributed by atoms with Crippen LogP contribution in [0.1, 0.15) is 31.2 Å². The van der Waals surface area contributed by atoms with Gasteiger partial charge in [-0.3, -0.25) is 4.79 Å². The molecule has 0 unspecified atom stereocenters. The van der Waals surface area contributed by atoms with Gasteiger partial charge in [0, 0.05) is 5.56 Å². The predicted molar refractivity (Wildman–Crippen MR) is 102 cm³/mol. The molecule has 132 valence electrons. The van der Waals surface area contributed by atoms with E-state index in [1.165, 1.54) is 6.07 Å². The summed E-state index contributed by atoms with van der Waals surface area (Å²) in [5.74, 6) is -0.816. The van der Waals surface area contributed by atoms with Crippen molar-refractivity contribution in [3.8, 4) is 10.8 Å². The second-order valence-electron chi connectivity index (χ2n) is 5.86. The molecule has 3 rings (SSSR count). The van der Waals surface area contributed by atoms with E-state index in [9.17, 15) is 14.7 Å². The van der Waals surface area contributed by atoms with Crippen molar-refractivity contribution in [3.05, 3.63) is 76.2 Å². The fourth-order valence-electron chi connectivity index (χ4n) is 2.33. The molecule has 1 amide bonds. The van der Waals surface area contributed by atoms with Gasteiger partial charge in [0.15, 0.2) is 0 Å². The normalized spacial score (nSPS) is 10.4. The molecule has 2 aromatic carbocycles. The summed E-state index contributed by atoms with van der Waals surface area (Å²) in [5, 5.41) is 12.3. The number of carboxylic acid groups (broad SMARTS) is 1. The lowest BCUT2D eigenvalue weighted by molar-refractivity contribution is 0.0701. The van der Waals surface area contributed by atoms with E-state index >= 15 is 0 Å². The lowest BCUT2D eigenvalue weighted by Crippen LogP contribution is -2.11. The van der Waals surface area contributed by atoms with E-state index in [2.05, 4.69) is 5.32 Å². The van der Waals surface area contributed by atoms with Crippen molar-refractivity contribution in [3.63, 3.8) is 0 Å². The smallest absolute Gasteiger partial charge is 0.346 e. The maximum Gasteiger partial charge on any atom is 0.346 e. The van der Waals surface area contributed by atoms with E-state index in [1.54, 1.807) is 18.2 Å². The average molecular weight is 367 g/mol. The van der Waals surface area contributed by atoms with Crippen LogP contribution >= 0.6 is 11.3 Å². The topological polar surface area (TPSA) is 75.6 Å². The number of hydrogen-bond donors (Lipinski definition) is 2. The zero-order chi connectivity index (χ0) is 18.7. The first-order chi connectivity index (χ1) is 12.4. The van der Waals surface area contributed by atoms with E-state index < -0.39 is 5.97 Å². The first kappa shape index (κ1) is 17.7. The highest BCUT2D eigenvalue weighted by atomic mass is 32.1. The van der Waals surface area contributed by atoms with E-state index in [-0.39, 0.29) is 10.8 Å². The fourth-order valence-corrected chi connectivity index (χ4v) is 3.15. The van der Waals surface area contributed by atoms with E-state index in [1.807, 2.05) is 44.2 Å². The van der Waals surface area contributed by atoms with Crippen LogP contribution in [0.25, 0.3) is 0 Å². The number of nitrogens with one attached hydrogen (secondary N) is 1. The summed E-state index contributed by atoms with van der Waals surface area (Å²) in [4.78, 5) is 23.9. The van der Waals surface area contributed by atoms with Gasteiger partial charge in [0.25, 0.3) is 5.91 Å². The molecule has 0 bridgehead atoms. The molecule has 2 N–H and O–H groups in total. The number of thiophene rings is 1. The number of benzene rings is 2. The summed E-state index contributed by atoms with van der Waals surface area (Å²) in [6, 6.07) is 15.9. The van der Waals surface area contributed by atoms with Gasteiger partial charge in [0.05, 0.1) is 5.69 Å². The lowest BCUT2D eigenvalue weighted by Gasteiger charge is -2.08. The number of carbonyl (C=O) groups excluding carboxylic acids is 1. The van der Waals surface area contributed by atoms with Crippen LogP contribution < -0.4 is 10.1 Å². The van der Waals surface area contributed by atoms with Crippen molar-refractivity contribution < 1.29 is 19.4 Å². The molecule has 1 heterocycles. The maximum absolute atomic E-state index is 12.5. The van der Waals surface area contributed by atoms with Crippen LogP contribution in [0.15, 0.2) is 54.6 Å². The summed E-state index contributed by atoms with van der Waals surface area (Å²) in [7, 11) is 0. The van der Waals surface area contributed by atoms with Gasteiger partial charge in [0.2, 0.25) is 5.06 Å². The summed E-state index contributed by atoms with van der Waals surface area (Å²) >= 11 is 0.971. The number of aryl methyl sites for hydroxylation is 2. The lowest BCUT2D eigenvalue weighted by atomic mass is 10.1. The Balaban J connectivity index is 1.88. The van der Waals surface area contributed by atoms with Crippen LogP contribution in [-0.2, 0) is 0 Å². The Morgan fingerprint density at radius 3 is 2.38 bits per heavy atom. The quantitative estimate of drug-likeness (QED) is 0.657. The van der Waals surface area contributed by atoms with Crippen molar-refractivity contribution in [2.45, 2.75) is 13.8 Å². The number of aromatic carboxylic acids is 1. The minimum absolute atomic E-state index is 0.0897. The number of anilines is 1. The first-order valence-corrected chi connectivity index (χ1v) is 8.73. The van der Waals surface area contributed by atoms with Crippen molar-refractivity contribution >= 4 is 28.9 Å². The molecule has 0 aliphatic heterocycles. The molecule has 0 saturated carbocycles. The highest BCUT2D eigenvalue weighted by Crippen LogP contribution is 2.39. The SMILES string of the molecule is Cc1ccc(C(=O)Nc2cc(C(=O)O)sc2Oc2cccc(C)c2)cc1. The zero-order valence-electron chi connectivity index (χ0n) is 14.3. The van der Waals surface area contributed by atoms with Crippen LogP contribution in [0.2, 0.25) is 0 Å². The third-order valence-corrected chi connectivity index (χ3v) is 4.67. The summed E-state index contributed by atoms with van der Waals surface area (Å²) in [6.45, 7) is 3.87. The molecule has 0 fully saturated rings. The molecule has 1 aromatic heterocycles. The van der Waals surface area contributed by atoms with E-state index in [0.717, 1.165) is 22.5 Å². The van der Waals surface area contributed by atoms with Gasteiger partial charge in [-0.2, -0.15) is 0 Å². The van der Waals surface area contributed by atoms with E-state index in [4.69, 9.17) is 4.74 Å². The van der Waals surface area contributed by atoms with Crippen LogP contribution in [0, 0.1) is 13.8 Å². The second kappa shape index (κ2) is 7.41. The third-order valence-electron chi connectivity index (χ3n) is 3.67. The number of rotatable bonds is 5. The summed E-state index contributed by atoms with van der Waals surface area (Å²) in [5.41, 5.74) is 2.89. The van der Waals surface area contributed by atoms with Crippen molar-refractivity contribution in [1.29, 1.82) is 0 Å². The van der Waals surface area contributed by atoms with Gasteiger partial charge in [0.1, 0.15) is 10.6 Å². The average Bonchev–Trinajstić information content (AvgIpc) is 2.98. The second-order valence-corrected chi connectivity index (χ2v) is 6.87. The minimum Gasteiger partial charge on any atom is -0.477 e. The van der Waals surface area contributed by atoms with Crippen LogP contribution in [0.3, 0.4) is 0 Å². The molecule has 3 aromatic rings. The molecule has 0 spiro atoms. The standard InChI is InChI=1S/C20H17NO4S/c1-12-6-8-14(9-7-12)18(22)21-16-11-17(19(23)24)26-20(16)25-15-5-3-4-13(2)10-15/h3-11H,1-2H3,(H,21,22)(H,23,24). The Hall–Kier alpha value is -3.12. The Bertz CT molecular complexity index is 960. The molecule has 0 aliphatic rings. The maximum atomic E-state index is 12.5. The van der Waals surface area contributed by atoms with Gasteiger partial charge >= 0.3 is 5.97 Å². The molecule has 0 aliphatic carbocycles. The Morgan fingerprint density at radius 1 is 1.00 bits per heavy atom. The highest BCUT2D eigenvalue weighted by Gasteiger charge is 2.18. The van der Waals surface area contributed by atoms with Gasteiger partial charge in [-0.1, -0.05) is 41.2 Å². The Labute approximate surface area is 154 Å². The summed E-state index contributed by atoms with van der Waals surface area (Å²) < 4.78 is 5.82. The zero-order valence-corrected chi connectivity index (χ0v) is 15.1. The van der Waals surface area contributed by atoms with Crippen LogP contribution in [-0.4, -0.2) is 17.0 Å². The third kappa shape index (κ3) is 4.10. The number of hydrogen-bond acceptors (Lipinski definition) is 4. The van der Waals surface area contributed by atoms with Crippen LogP contribution in [0.5, 0.6) is 10.8 Å². The minimum atomic E-state index is -1.07. The van der Waals surface area contributed by atoms with Crippen molar-refractivity contribution in [2.24, 2.45) is 0 Å². The fraction of sp³-hybridized carbons (Fsp3) is 0.100. The van der Waals surface area contributed by atoms with Gasteiger partial charge in [-0.05, 0) is 49.7 Å². The molecule has 0 radical (unpaired) electrons. The van der Waals surface area contributed by atoms with Gasteiger partial charge in [-0.25, -0.2) is 4.79 Å². The van der Waals surface area contributed by atoms with Crippen molar-refractivity contribution in [2.75, 3.05) is 5.32 Å². The molecule has 0 saturated heterocycles.